The average molecular weight is 1620 g/mol. The number of carboxylic acids is 4. The van der Waals surface area contributed by atoms with E-state index >= 15 is 0 Å². The number of amides is 1. The Morgan fingerprint density at radius 2 is 0.624 bits per heavy atom. The summed E-state index contributed by atoms with van der Waals surface area (Å²) in [6.45, 7) is 0. The van der Waals surface area contributed by atoms with E-state index in [-0.39, 0.29) is 29.0 Å². The first-order valence-corrected chi connectivity index (χ1v) is 28.9. The maximum absolute atomic E-state index is 13.7. The van der Waals surface area contributed by atoms with Gasteiger partial charge < -0.3 is 44.7 Å². The molecule has 0 saturated carbocycles. The summed E-state index contributed by atoms with van der Waals surface area (Å²) in [5.74, 6) is -14.1. The van der Waals surface area contributed by atoms with Gasteiger partial charge in [-0.1, -0.05) is 72.3 Å². The largest absolute Gasteiger partial charge is 0.478 e. The van der Waals surface area contributed by atoms with E-state index in [0.29, 0.717) is 91.0 Å². The molecule has 0 radical (unpaired) electrons. The molecule has 4 atom stereocenters. The van der Waals surface area contributed by atoms with Crippen molar-refractivity contribution in [3.05, 3.63) is 254 Å². The van der Waals surface area contributed by atoms with Crippen LogP contribution >= 0.6 is 11.6 Å². The Morgan fingerprint density at radius 3 is 0.991 bits per heavy atom. The number of carbonyl (C=O) groups is 5. The van der Waals surface area contributed by atoms with Crippen molar-refractivity contribution >= 4 is 47.1 Å². The Hall–Kier alpha value is -11.4. The first-order chi connectivity index (χ1) is 49.8. The van der Waals surface area contributed by atoms with Crippen molar-refractivity contribution in [2.24, 2.45) is 0 Å². The Kier molecular flexibility index (Phi) is 27.7. The van der Waals surface area contributed by atoms with Gasteiger partial charge in [-0.05, 0) is 115 Å². The highest BCUT2D eigenvalue weighted by atomic mass is 35.5. The van der Waals surface area contributed by atoms with Crippen LogP contribution in [-0.2, 0) is 73.4 Å². The molecule has 43 heteroatoms. The van der Waals surface area contributed by atoms with E-state index in [1.54, 1.807) is 0 Å². The number of nitrogens with one attached hydrogen (secondary N) is 1. The van der Waals surface area contributed by atoms with Gasteiger partial charge in [0.25, 0.3) is 0 Å². The highest BCUT2D eigenvalue weighted by Crippen LogP contribution is 2.44. The third kappa shape index (κ3) is 25.4. The minimum absolute atomic E-state index is 0.0595. The minimum Gasteiger partial charge on any atom is -0.478 e. The predicted octanol–water partition coefficient (Wildman–Crippen LogP) is 21.0. The summed E-state index contributed by atoms with van der Waals surface area (Å²) < 4.78 is 377. The molecule has 0 saturated heterocycles. The van der Waals surface area contributed by atoms with Crippen molar-refractivity contribution in [3.8, 4) is 23.0 Å². The van der Waals surface area contributed by atoms with E-state index in [0.717, 1.165) is 66.7 Å². The lowest BCUT2D eigenvalue weighted by Gasteiger charge is -2.21. The molecule has 1 amide bonds. The summed E-state index contributed by atoms with van der Waals surface area (Å²) in [7, 11) is 0. The number of anilines is 1. The number of benzene rings is 8. The van der Waals surface area contributed by atoms with E-state index < -0.39 is 199 Å². The summed E-state index contributed by atoms with van der Waals surface area (Å²) in [6.07, 6.45) is -52.0. The fourth-order valence-corrected chi connectivity index (χ4v) is 8.71. The molecule has 8 rings (SSSR count). The Balaban J connectivity index is 0.000000262. The molecule has 14 nitrogen and oxygen atoms in total. The van der Waals surface area contributed by atoms with Crippen molar-refractivity contribution in [1.29, 1.82) is 0 Å². The molecule has 5 N–H and O–H groups in total. The highest BCUT2D eigenvalue weighted by molar-refractivity contribution is 6.32. The summed E-state index contributed by atoms with van der Waals surface area (Å²) in [5.41, 5.74) is -12.2. The fraction of sp³-hybridized carbons (Fsp3) is 0.197. The fourth-order valence-electron chi connectivity index (χ4n) is 8.48. The second-order valence-electron chi connectivity index (χ2n) is 21.3. The van der Waals surface area contributed by atoms with E-state index in [2.05, 4.69) is 0 Å². The van der Waals surface area contributed by atoms with E-state index in [1.165, 1.54) is 11.4 Å². The molecule has 0 aliphatic heterocycles. The molecular formula is C66H38ClF28NO13. The molecule has 4 unspecified atom stereocenters. The zero-order chi connectivity index (χ0) is 82.7. The Bertz CT molecular complexity index is 4510. The number of halogens is 29. The maximum Gasteiger partial charge on any atom is 0.471 e. The lowest BCUT2D eigenvalue weighted by Crippen LogP contribution is -2.30. The van der Waals surface area contributed by atoms with Crippen LogP contribution in [0, 0.1) is 5.82 Å². The smallest absolute Gasteiger partial charge is 0.471 e. The van der Waals surface area contributed by atoms with Gasteiger partial charge in [0.05, 0.1) is 49.5 Å². The molecule has 0 aliphatic carbocycles. The summed E-state index contributed by atoms with van der Waals surface area (Å²) in [6, 6.07) is 19.9. The number of rotatable bonds is 17. The van der Waals surface area contributed by atoms with Gasteiger partial charge in [0.15, 0.2) is 11.6 Å². The molecule has 8 aromatic carbocycles. The molecule has 0 spiro atoms. The van der Waals surface area contributed by atoms with Crippen LogP contribution in [0.4, 0.5) is 129 Å². The van der Waals surface area contributed by atoms with Gasteiger partial charge in [0.1, 0.15) is 17.2 Å². The number of carboxylic acid groups (broad SMARTS) is 4. The van der Waals surface area contributed by atoms with Gasteiger partial charge in [0.2, 0.25) is 24.4 Å². The van der Waals surface area contributed by atoms with Crippen LogP contribution in [0.1, 0.15) is 91.2 Å². The van der Waals surface area contributed by atoms with Crippen molar-refractivity contribution in [1.82, 2.24) is 0 Å². The standard InChI is InChI=1S/C18H10F9NO4.C16H9ClF6O3.C16H9F7O3.C16H10F6O3/c19-16(20,21)9-3-1-2-8(6-9)13(14(29)30)32-12-5-4-10(7-11(12)17(22,23)24)28-15(31)18(25,26)27;17-11-7-10(16(21,22)23)5-6-12(11)26-13(14(24)25)8-1-3-9(4-2-8)15(18,19)20;17-11-5-4-10(16(21,22)23)7-12(11)26-13(14(24)25)8-2-1-3-9(6-8)15(18,19)20;17-15(18,19)10-7-5-9(6-8-10)13(14(23)24)25-12-4-2-1-3-11(12)16(20,21)22/h1-7,13H,(H,28,31)(H,29,30);2*1-7,13H,(H,24,25);1-8,13H,(H,23,24). The van der Waals surface area contributed by atoms with Gasteiger partial charge in [0, 0.05) is 27.9 Å². The number of hydrogen-bond donors (Lipinski definition) is 5. The number of hydrogen-bond acceptors (Lipinski definition) is 9. The molecule has 0 aliphatic rings. The number of para-hydroxylation sites is 1. The molecule has 0 aromatic heterocycles. The molecule has 588 valence electrons. The van der Waals surface area contributed by atoms with Gasteiger partial charge in [-0.25, -0.2) is 23.6 Å². The zero-order valence-corrected chi connectivity index (χ0v) is 53.2. The molecular weight excluding hydrogens is 1580 g/mol. The number of ether oxygens (including phenoxy) is 4. The third-order valence-electron chi connectivity index (χ3n) is 13.5. The molecule has 0 bridgehead atoms. The summed E-state index contributed by atoms with van der Waals surface area (Å²) >= 11 is 5.69. The molecule has 109 heavy (non-hydrogen) atoms. The molecule has 0 heterocycles. The van der Waals surface area contributed by atoms with Crippen LogP contribution < -0.4 is 24.3 Å². The average Bonchev–Trinajstić information content (AvgIpc) is 0.812. The Labute approximate surface area is 593 Å². The van der Waals surface area contributed by atoms with Crippen molar-refractivity contribution < 1.29 is 186 Å². The molecule has 8 aromatic rings. The summed E-state index contributed by atoms with van der Waals surface area (Å²) in [5, 5.41) is 37.5. The number of aliphatic carboxylic acids is 4. The quantitative estimate of drug-likeness (QED) is 0.0537. The summed E-state index contributed by atoms with van der Waals surface area (Å²) in [4.78, 5) is 56.4. The first kappa shape index (κ1) is 88.3. The molecule has 0 fully saturated rings. The van der Waals surface area contributed by atoms with Crippen molar-refractivity contribution in [2.45, 2.75) is 80.0 Å². The van der Waals surface area contributed by atoms with E-state index in [4.69, 9.17) is 35.7 Å². The van der Waals surface area contributed by atoms with Crippen LogP contribution in [0.5, 0.6) is 23.0 Å². The van der Waals surface area contributed by atoms with Gasteiger partial charge in [-0.3, -0.25) is 4.79 Å². The topological polar surface area (TPSA) is 215 Å². The maximum atomic E-state index is 13.7. The Morgan fingerprint density at radius 1 is 0.303 bits per heavy atom. The normalized spacial score (nSPS) is 13.4. The van der Waals surface area contributed by atoms with Crippen molar-refractivity contribution in [3.63, 3.8) is 0 Å². The van der Waals surface area contributed by atoms with E-state index in [1.807, 2.05) is 0 Å². The van der Waals surface area contributed by atoms with Crippen molar-refractivity contribution in [2.75, 3.05) is 5.32 Å². The lowest BCUT2D eigenvalue weighted by molar-refractivity contribution is -0.167. The van der Waals surface area contributed by atoms with Crippen LogP contribution in [0.2, 0.25) is 5.02 Å². The van der Waals surface area contributed by atoms with Gasteiger partial charge >= 0.3 is 85.4 Å². The highest BCUT2D eigenvalue weighted by Gasteiger charge is 2.43. The minimum atomic E-state index is -5.40. The second kappa shape index (κ2) is 34.3. The van der Waals surface area contributed by atoms with Gasteiger partial charge in [-0.2, -0.15) is 119 Å². The van der Waals surface area contributed by atoms with Crippen LogP contribution in [-0.4, -0.2) is 56.4 Å². The predicted molar refractivity (Wildman–Crippen MR) is 315 cm³/mol. The first-order valence-electron chi connectivity index (χ1n) is 28.5. The van der Waals surface area contributed by atoms with Crippen LogP contribution in [0.3, 0.4) is 0 Å². The number of carbonyl (C=O) groups excluding carboxylic acids is 1. The van der Waals surface area contributed by atoms with E-state index in [9.17, 15) is 162 Å². The van der Waals surface area contributed by atoms with Crippen LogP contribution in [0.15, 0.2) is 176 Å². The number of alkyl halides is 27. The third-order valence-corrected chi connectivity index (χ3v) is 13.8. The lowest BCUT2D eigenvalue weighted by atomic mass is 10.1. The monoisotopic (exact) mass is 1620 g/mol. The SMILES string of the molecule is O=C(O)C(Oc1cc(C(F)(F)F)ccc1F)c1cccc(C(F)(F)F)c1.O=C(O)C(Oc1ccc(C(F)(F)F)cc1Cl)c1ccc(C(F)(F)F)cc1.O=C(O)C(Oc1ccc(NC(=O)C(F)(F)F)cc1C(F)(F)F)c1cccc(C(F)(F)F)c1.O=C(O)C(Oc1ccccc1C(F)(F)F)c1ccc(C(F)(F)F)cc1. The van der Waals surface area contributed by atoms with Crippen LogP contribution in [0.25, 0.3) is 0 Å². The zero-order valence-electron chi connectivity index (χ0n) is 52.5. The second-order valence-corrected chi connectivity index (χ2v) is 21.7. The van der Waals surface area contributed by atoms with Gasteiger partial charge in [-0.15, -0.1) is 0 Å².